The van der Waals surface area contributed by atoms with E-state index in [0.717, 1.165) is 0 Å². The Kier molecular flexibility index (Phi) is 2.11. The predicted molar refractivity (Wildman–Crippen MR) is 30.0 cm³/mol. The molecule has 0 radical (unpaired) electrons. The van der Waals surface area contributed by atoms with E-state index in [1.807, 2.05) is 0 Å². The fraction of sp³-hybridized carbons (Fsp3) is 1.00. The van der Waals surface area contributed by atoms with Gasteiger partial charge in [-0.1, -0.05) is 0 Å². The van der Waals surface area contributed by atoms with Gasteiger partial charge in [0.05, 0.1) is 33.2 Å². The first kappa shape index (κ1) is 4.09. The molecule has 52 valence electrons. The Labute approximate surface area is 62.7 Å². The highest BCUT2D eigenvalue weighted by molar-refractivity contribution is 4.19. The van der Waals surface area contributed by atoms with E-state index in [4.69, 9.17) is 10.6 Å². The molecule has 0 fully saturated rings. The second kappa shape index (κ2) is 4.13. The van der Waals surface area contributed by atoms with E-state index in [1.165, 1.54) is 21.1 Å². The summed E-state index contributed by atoms with van der Waals surface area (Å²) >= 11 is 0. The van der Waals surface area contributed by atoms with Gasteiger partial charge < -0.3 is 22.0 Å². The molecule has 8 heavy (non-hydrogen) atoms. The van der Waals surface area contributed by atoms with Crippen molar-refractivity contribution in [2.45, 2.75) is 0 Å². The lowest BCUT2D eigenvalue weighted by atomic mass is 10.5. The summed E-state index contributed by atoms with van der Waals surface area (Å²) < 4.78 is 27.8. The van der Waals surface area contributed by atoms with E-state index < -0.39 is 13.1 Å². The lowest BCUT2D eigenvalue weighted by Gasteiger charge is -2.21. The minimum Gasteiger partial charge on any atom is -1.00 e. The zero-order valence-electron chi connectivity index (χ0n) is 9.27. The lowest BCUT2D eigenvalue weighted by Crippen LogP contribution is -3.00. The highest BCUT2D eigenvalue weighted by atomic mass is 35.5. The molecular weight excluding hydrogens is 126 g/mol. The second-order valence-corrected chi connectivity index (χ2v) is 2.24. The van der Waals surface area contributed by atoms with Crippen LogP contribution < -0.4 is 12.4 Å². The van der Waals surface area contributed by atoms with Crippen LogP contribution in [0, 0.1) is 0 Å². The van der Waals surface area contributed by atoms with Crippen molar-refractivity contribution in [3.8, 4) is 0 Å². The third-order valence-electron chi connectivity index (χ3n) is 0.385. The van der Waals surface area contributed by atoms with Gasteiger partial charge in [-0.25, -0.2) is 0 Å². The maximum Gasteiger partial charge on any atom is 0.101 e. The molecule has 0 atom stereocenters. The maximum atomic E-state index is 8.82. The van der Waals surface area contributed by atoms with Gasteiger partial charge in [-0.2, -0.15) is 0 Å². The van der Waals surface area contributed by atoms with Crippen molar-refractivity contribution >= 4 is 0 Å². The minimum absolute atomic E-state index is 0. The number of halogens is 1. The van der Waals surface area contributed by atoms with Crippen molar-refractivity contribution in [3.05, 3.63) is 0 Å². The van der Waals surface area contributed by atoms with Gasteiger partial charge in [0.1, 0.15) is 6.50 Å². The monoisotopic (exact) mass is 143 g/mol. The van der Waals surface area contributed by atoms with Crippen LogP contribution in [0.15, 0.2) is 0 Å². The van der Waals surface area contributed by atoms with Crippen molar-refractivity contribution < 1.29 is 27.5 Å². The summed E-state index contributed by atoms with van der Waals surface area (Å²) in [5, 5.41) is 8.82. The van der Waals surface area contributed by atoms with E-state index in [-0.39, 0.29) is 16.9 Å². The van der Waals surface area contributed by atoms with Crippen molar-refractivity contribution in [1.29, 1.82) is 0 Å². The minimum atomic E-state index is -2.81. The molecule has 0 aliphatic carbocycles. The molecule has 0 aromatic heterocycles. The first-order chi connectivity index (χ1) is 4.50. The summed E-state index contributed by atoms with van der Waals surface area (Å²) in [5.41, 5.74) is 0. The zero-order valence-corrected chi connectivity index (χ0v) is 6.03. The van der Waals surface area contributed by atoms with Crippen LogP contribution in [0.2, 0.25) is 0 Å². The van der Waals surface area contributed by atoms with Crippen LogP contribution in [0.4, 0.5) is 0 Å². The third-order valence-corrected chi connectivity index (χ3v) is 0.385. The molecule has 2 nitrogen and oxygen atoms in total. The van der Waals surface area contributed by atoms with Gasteiger partial charge in [0.2, 0.25) is 0 Å². The van der Waals surface area contributed by atoms with E-state index in [9.17, 15) is 0 Å². The van der Waals surface area contributed by atoms with Gasteiger partial charge >= 0.3 is 0 Å². The average molecular weight is 144 g/mol. The predicted octanol–water partition coefficient (Wildman–Crippen LogP) is -3.31. The maximum absolute atomic E-state index is 8.82. The molecular formula is C5H14ClNO. The molecule has 3 heteroatoms. The Balaban J connectivity index is 0. The van der Waals surface area contributed by atoms with Crippen molar-refractivity contribution in [1.82, 2.24) is 0 Å². The molecule has 0 heterocycles. The molecule has 0 aliphatic rings. The van der Waals surface area contributed by atoms with E-state index in [0.29, 0.717) is 0 Å². The molecule has 0 aliphatic heterocycles. The number of nitrogens with zero attached hydrogens (tertiary/aromatic N) is 1. The zero-order chi connectivity index (χ0) is 9.50. The Hall–Kier alpha value is 0.210. The SMILES string of the molecule is [2H]C([2H])(O)C([2H])([2H])[N+](C)(C)C.[Cl-]. The van der Waals surface area contributed by atoms with Gasteiger partial charge in [-0.15, -0.1) is 0 Å². The standard InChI is InChI=1S/C5H14NO.ClH/c1-6(2,3)4-5-7;/h7H,4-5H2,1-3H3;1H/q+1;/p-1/i4D2,5D2;. The first-order valence-corrected chi connectivity index (χ1v) is 2.04. The molecule has 1 N–H and O–H groups in total. The highest BCUT2D eigenvalue weighted by Gasteiger charge is 2.02. The summed E-state index contributed by atoms with van der Waals surface area (Å²) in [6.07, 6.45) is 0. The Morgan fingerprint density at radius 2 is 1.88 bits per heavy atom. The fourth-order valence-electron chi connectivity index (χ4n) is 0.150. The van der Waals surface area contributed by atoms with Crippen molar-refractivity contribution in [2.75, 3.05) is 34.2 Å². The summed E-state index contributed by atoms with van der Waals surface area (Å²) in [5.74, 6) is 0. The summed E-state index contributed by atoms with van der Waals surface area (Å²) in [4.78, 5) is 0. The Morgan fingerprint density at radius 1 is 1.50 bits per heavy atom. The van der Waals surface area contributed by atoms with Crippen LogP contribution in [0.25, 0.3) is 0 Å². The van der Waals surface area contributed by atoms with Gasteiger partial charge in [0.25, 0.3) is 0 Å². The van der Waals surface area contributed by atoms with Crippen LogP contribution in [0.5, 0.6) is 0 Å². The number of likely N-dealkylation sites (N-methyl/N-ethyl adjacent to an activating group) is 1. The molecule has 0 saturated carbocycles. The molecule has 0 saturated heterocycles. The highest BCUT2D eigenvalue weighted by Crippen LogP contribution is 1.84. The molecule has 0 amide bonds. The first-order valence-electron chi connectivity index (χ1n) is 4.04. The lowest BCUT2D eigenvalue weighted by molar-refractivity contribution is -0.870. The molecule has 0 spiro atoms. The average Bonchev–Trinajstić information content (AvgIpc) is 1.58. The van der Waals surface area contributed by atoms with E-state index in [2.05, 4.69) is 0 Å². The summed E-state index contributed by atoms with van der Waals surface area (Å²) in [7, 11) is 4.44. The number of quaternary nitrogens is 1. The Bertz CT molecular complexity index is 135. The smallest absolute Gasteiger partial charge is 0.101 e. The summed E-state index contributed by atoms with van der Waals surface area (Å²) in [6.45, 7) is -5.11. The summed E-state index contributed by atoms with van der Waals surface area (Å²) in [6, 6.07) is 0. The fourth-order valence-corrected chi connectivity index (χ4v) is 0.150. The molecule has 0 rings (SSSR count). The van der Waals surface area contributed by atoms with E-state index >= 15 is 0 Å². The van der Waals surface area contributed by atoms with Gasteiger partial charge in [0, 0.05) is 0 Å². The van der Waals surface area contributed by atoms with Gasteiger partial charge in [0.15, 0.2) is 0 Å². The molecule has 0 aromatic rings. The van der Waals surface area contributed by atoms with Crippen LogP contribution in [-0.4, -0.2) is 43.8 Å². The van der Waals surface area contributed by atoms with Crippen LogP contribution >= 0.6 is 0 Å². The second-order valence-electron chi connectivity index (χ2n) is 2.24. The van der Waals surface area contributed by atoms with Gasteiger partial charge in [-0.3, -0.25) is 0 Å². The van der Waals surface area contributed by atoms with Crippen LogP contribution in [0.1, 0.15) is 5.48 Å². The number of hydrogen-bond donors (Lipinski definition) is 1. The quantitative estimate of drug-likeness (QED) is 0.402. The Morgan fingerprint density at radius 3 is 1.88 bits per heavy atom. The van der Waals surface area contributed by atoms with Crippen LogP contribution in [-0.2, 0) is 0 Å². The largest absolute Gasteiger partial charge is 1.00 e. The van der Waals surface area contributed by atoms with Gasteiger partial charge in [-0.05, 0) is 0 Å². The number of aliphatic hydroxyl groups is 1. The molecule has 0 bridgehead atoms. The normalized spacial score (nSPS) is 21.5. The third kappa shape index (κ3) is 9.51. The molecule has 0 aromatic carbocycles. The van der Waals surface area contributed by atoms with Crippen LogP contribution in [0.3, 0.4) is 0 Å². The molecule has 0 unspecified atom stereocenters. The number of hydrogen-bond acceptors (Lipinski definition) is 1. The van der Waals surface area contributed by atoms with Crippen molar-refractivity contribution in [3.63, 3.8) is 0 Å². The topological polar surface area (TPSA) is 20.2 Å². The van der Waals surface area contributed by atoms with Crippen molar-refractivity contribution in [2.24, 2.45) is 0 Å². The number of rotatable bonds is 2. The van der Waals surface area contributed by atoms with E-state index in [1.54, 1.807) is 0 Å².